The lowest BCUT2D eigenvalue weighted by molar-refractivity contribution is -0.138. The SMILES string of the molecule is C=CCOC(=O)C1=C(C)Nc2nc(SCCC)nn2C1c1ccccc1OCCCC. The maximum absolute atomic E-state index is 13.0. The van der Waals surface area contributed by atoms with Crippen molar-refractivity contribution in [2.75, 3.05) is 24.3 Å². The number of thioether (sulfide) groups is 1. The Bertz CT molecular complexity index is 954. The van der Waals surface area contributed by atoms with Gasteiger partial charge < -0.3 is 14.8 Å². The van der Waals surface area contributed by atoms with Crippen LogP contribution in [0.2, 0.25) is 0 Å². The van der Waals surface area contributed by atoms with Crippen LogP contribution in [0, 0.1) is 0 Å². The summed E-state index contributed by atoms with van der Waals surface area (Å²) in [6, 6.07) is 7.27. The number of unbranched alkanes of at least 4 members (excludes halogenated alkanes) is 1. The van der Waals surface area contributed by atoms with Crippen molar-refractivity contribution in [2.24, 2.45) is 0 Å². The maximum Gasteiger partial charge on any atom is 0.338 e. The Hall–Kier alpha value is -2.74. The first-order valence-electron chi connectivity index (χ1n) is 10.7. The lowest BCUT2D eigenvalue weighted by Crippen LogP contribution is -2.30. The molecule has 3 rings (SSSR count). The number of hydrogen-bond donors (Lipinski definition) is 1. The highest BCUT2D eigenvalue weighted by atomic mass is 32.2. The van der Waals surface area contributed by atoms with Crippen molar-refractivity contribution in [2.45, 2.75) is 51.2 Å². The first-order chi connectivity index (χ1) is 15.1. The van der Waals surface area contributed by atoms with Gasteiger partial charge in [-0.3, -0.25) is 0 Å². The zero-order valence-electron chi connectivity index (χ0n) is 18.4. The summed E-state index contributed by atoms with van der Waals surface area (Å²) in [4.78, 5) is 17.7. The van der Waals surface area contributed by atoms with Gasteiger partial charge in [0.2, 0.25) is 11.1 Å². The molecule has 1 aromatic heterocycles. The number of fused-ring (bicyclic) bond motifs is 1. The van der Waals surface area contributed by atoms with Crippen LogP contribution in [-0.4, -0.2) is 39.7 Å². The fraction of sp³-hybridized carbons (Fsp3) is 0.435. The molecular weight excluding hydrogens is 412 g/mol. The van der Waals surface area contributed by atoms with Crippen LogP contribution in [0.25, 0.3) is 0 Å². The third-order valence-corrected chi connectivity index (χ3v) is 5.83. The van der Waals surface area contributed by atoms with Gasteiger partial charge in [0.25, 0.3) is 0 Å². The molecule has 0 radical (unpaired) electrons. The van der Waals surface area contributed by atoms with Gasteiger partial charge in [0, 0.05) is 17.0 Å². The molecule has 1 N–H and O–H groups in total. The lowest BCUT2D eigenvalue weighted by Gasteiger charge is -2.29. The van der Waals surface area contributed by atoms with Gasteiger partial charge in [-0.25, -0.2) is 9.48 Å². The molecule has 0 bridgehead atoms. The van der Waals surface area contributed by atoms with Crippen LogP contribution in [0.15, 0.2) is 53.3 Å². The highest BCUT2D eigenvalue weighted by Crippen LogP contribution is 2.40. The second kappa shape index (κ2) is 11.0. The number of benzene rings is 1. The van der Waals surface area contributed by atoms with E-state index in [1.54, 1.807) is 22.5 Å². The first kappa shape index (κ1) is 22.9. The number of carbonyl (C=O) groups is 1. The van der Waals surface area contributed by atoms with Gasteiger partial charge in [-0.05, 0) is 25.8 Å². The van der Waals surface area contributed by atoms with Gasteiger partial charge in [0.05, 0.1) is 12.2 Å². The minimum absolute atomic E-state index is 0.138. The fourth-order valence-electron chi connectivity index (χ4n) is 3.31. The summed E-state index contributed by atoms with van der Waals surface area (Å²) in [5.74, 6) is 1.84. The normalized spacial score (nSPS) is 15.3. The molecule has 0 amide bonds. The zero-order chi connectivity index (χ0) is 22.2. The highest BCUT2D eigenvalue weighted by molar-refractivity contribution is 7.99. The largest absolute Gasteiger partial charge is 0.493 e. The molecule has 0 saturated carbocycles. The topological polar surface area (TPSA) is 78.3 Å². The number of ether oxygens (including phenoxy) is 2. The summed E-state index contributed by atoms with van der Waals surface area (Å²) in [7, 11) is 0. The number of carbonyl (C=O) groups excluding carboxylic acids is 1. The summed E-state index contributed by atoms with van der Waals surface area (Å²) in [5.41, 5.74) is 2.02. The summed E-state index contributed by atoms with van der Waals surface area (Å²) in [6.45, 7) is 10.5. The Morgan fingerprint density at radius 3 is 2.87 bits per heavy atom. The molecule has 166 valence electrons. The number of esters is 1. The van der Waals surface area contributed by atoms with Crippen molar-refractivity contribution in [1.29, 1.82) is 0 Å². The first-order valence-corrected chi connectivity index (χ1v) is 11.7. The van der Waals surface area contributed by atoms with Crippen molar-refractivity contribution in [3.8, 4) is 5.75 Å². The highest BCUT2D eigenvalue weighted by Gasteiger charge is 2.36. The van der Waals surface area contributed by atoms with Crippen LogP contribution in [-0.2, 0) is 9.53 Å². The number of allylic oxidation sites excluding steroid dienone is 1. The minimum Gasteiger partial charge on any atom is -0.493 e. The smallest absolute Gasteiger partial charge is 0.338 e. The van der Waals surface area contributed by atoms with E-state index in [9.17, 15) is 4.79 Å². The molecule has 0 spiro atoms. The van der Waals surface area contributed by atoms with E-state index in [4.69, 9.17) is 14.6 Å². The van der Waals surface area contributed by atoms with Gasteiger partial charge in [-0.1, -0.05) is 62.9 Å². The summed E-state index contributed by atoms with van der Waals surface area (Å²) in [5, 5.41) is 8.62. The van der Waals surface area contributed by atoms with Crippen molar-refractivity contribution in [3.63, 3.8) is 0 Å². The van der Waals surface area contributed by atoms with E-state index in [0.717, 1.165) is 36.3 Å². The summed E-state index contributed by atoms with van der Waals surface area (Å²) >= 11 is 1.59. The molecule has 0 saturated heterocycles. The molecule has 7 nitrogen and oxygen atoms in total. The van der Waals surface area contributed by atoms with E-state index in [0.29, 0.717) is 29.0 Å². The van der Waals surface area contributed by atoms with Crippen LogP contribution in [0.1, 0.15) is 51.6 Å². The second-order valence-electron chi connectivity index (χ2n) is 7.20. The van der Waals surface area contributed by atoms with E-state index in [1.807, 2.05) is 31.2 Å². The average molecular weight is 443 g/mol. The van der Waals surface area contributed by atoms with E-state index in [-0.39, 0.29) is 6.61 Å². The number of nitrogens with one attached hydrogen (secondary N) is 1. The molecule has 1 atom stereocenters. The monoisotopic (exact) mass is 442 g/mol. The molecule has 1 aliphatic heterocycles. The second-order valence-corrected chi connectivity index (χ2v) is 8.27. The molecule has 2 heterocycles. The summed E-state index contributed by atoms with van der Waals surface area (Å²) in [6.07, 6.45) is 4.58. The van der Waals surface area contributed by atoms with Gasteiger partial charge in [-0.2, -0.15) is 4.98 Å². The molecule has 0 aliphatic carbocycles. The van der Waals surface area contributed by atoms with Crippen molar-refractivity contribution >= 4 is 23.7 Å². The molecule has 8 heteroatoms. The molecule has 0 fully saturated rings. The van der Waals surface area contributed by atoms with E-state index < -0.39 is 12.0 Å². The zero-order valence-corrected chi connectivity index (χ0v) is 19.2. The number of para-hydroxylation sites is 1. The van der Waals surface area contributed by atoms with Gasteiger partial charge in [0.1, 0.15) is 18.4 Å². The Morgan fingerprint density at radius 2 is 2.13 bits per heavy atom. The molecular formula is C23H30N4O3S. The Balaban J connectivity index is 2.07. The van der Waals surface area contributed by atoms with Crippen molar-refractivity contribution in [3.05, 3.63) is 53.8 Å². The Kier molecular flexibility index (Phi) is 8.17. The van der Waals surface area contributed by atoms with Gasteiger partial charge >= 0.3 is 5.97 Å². The van der Waals surface area contributed by atoms with Crippen molar-refractivity contribution in [1.82, 2.24) is 14.8 Å². The minimum atomic E-state index is -0.505. The van der Waals surface area contributed by atoms with Crippen LogP contribution in [0.3, 0.4) is 0 Å². The quantitative estimate of drug-likeness (QED) is 0.228. The van der Waals surface area contributed by atoms with Crippen LogP contribution in [0.5, 0.6) is 5.75 Å². The predicted octanol–water partition coefficient (Wildman–Crippen LogP) is 4.98. The Morgan fingerprint density at radius 1 is 1.32 bits per heavy atom. The van der Waals surface area contributed by atoms with E-state index in [1.165, 1.54) is 0 Å². The molecule has 1 unspecified atom stereocenters. The molecule has 2 aromatic rings. The maximum atomic E-state index is 13.0. The van der Waals surface area contributed by atoms with Crippen LogP contribution >= 0.6 is 11.8 Å². The average Bonchev–Trinajstić information content (AvgIpc) is 3.18. The van der Waals surface area contributed by atoms with Gasteiger partial charge in [-0.15, -0.1) is 5.10 Å². The van der Waals surface area contributed by atoms with E-state index in [2.05, 4.69) is 30.7 Å². The molecule has 31 heavy (non-hydrogen) atoms. The van der Waals surface area contributed by atoms with Gasteiger partial charge in [0.15, 0.2) is 0 Å². The number of nitrogens with zero attached hydrogens (tertiary/aromatic N) is 3. The third kappa shape index (κ3) is 5.31. The third-order valence-electron chi connectivity index (χ3n) is 4.79. The predicted molar refractivity (Wildman–Crippen MR) is 123 cm³/mol. The van der Waals surface area contributed by atoms with E-state index >= 15 is 0 Å². The van der Waals surface area contributed by atoms with Crippen LogP contribution in [0.4, 0.5) is 5.95 Å². The van der Waals surface area contributed by atoms with Crippen LogP contribution < -0.4 is 10.1 Å². The standard InChI is InChI=1S/C23H30N4O3S/c1-5-8-14-29-18-12-10-9-11-17(18)20-19(21(28)30-13-6-2)16(4)24-22-25-23(26-27(20)22)31-15-7-3/h6,9-12,20H,2,5,7-8,13-15H2,1,3-4H3,(H,24,25,26). The number of anilines is 1. The molecule has 1 aliphatic rings. The molecule has 1 aromatic carbocycles. The summed E-state index contributed by atoms with van der Waals surface area (Å²) < 4.78 is 13.3. The number of aromatic nitrogens is 3. The lowest BCUT2D eigenvalue weighted by atomic mass is 9.95. The van der Waals surface area contributed by atoms with Crippen molar-refractivity contribution < 1.29 is 14.3 Å². The number of hydrogen-bond acceptors (Lipinski definition) is 7. The Labute approximate surface area is 187 Å². The number of rotatable bonds is 11. The fourth-order valence-corrected chi connectivity index (χ4v) is 4.00.